The van der Waals surface area contributed by atoms with E-state index in [1.165, 1.54) is 0 Å². The number of aliphatic hydroxyl groups excluding tert-OH is 1. The second-order valence-corrected chi connectivity index (χ2v) is 5.78. The van der Waals surface area contributed by atoms with E-state index in [0.29, 0.717) is 38.4 Å². The number of morpholine rings is 1. The molecule has 1 aliphatic rings. The molecule has 0 unspecified atom stereocenters. The number of rotatable bonds is 5. The van der Waals surface area contributed by atoms with Crippen LogP contribution in [0.1, 0.15) is 21.5 Å². The van der Waals surface area contributed by atoms with Crippen molar-refractivity contribution in [1.29, 1.82) is 0 Å². The Morgan fingerprint density at radius 1 is 1.04 bits per heavy atom. The monoisotopic (exact) mass is 326 g/mol. The van der Waals surface area contributed by atoms with Gasteiger partial charge in [-0.2, -0.15) is 0 Å². The summed E-state index contributed by atoms with van der Waals surface area (Å²) in [7, 11) is 0. The number of nitrogens with one attached hydrogen (secondary N) is 1. The van der Waals surface area contributed by atoms with Gasteiger partial charge in [0.2, 0.25) is 0 Å². The number of carbonyl (C=O) groups excluding carboxylic acids is 1. The standard InChI is InChI=1S/C19H22N2O3/c22-14-16-7-5-15(6-8-16)13-20-18-4-2-1-3-17(18)19(23)21-9-11-24-12-10-21/h1-8,20,22H,9-14H2. The number of hydrogen-bond acceptors (Lipinski definition) is 4. The van der Waals surface area contributed by atoms with Crippen LogP contribution in [0.15, 0.2) is 48.5 Å². The number of para-hydroxylation sites is 1. The molecule has 0 atom stereocenters. The van der Waals surface area contributed by atoms with Crippen LogP contribution in [0.5, 0.6) is 0 Å². The van der Waals surface area contributed by atoms with Crippen LogP contribution in [0, 0.1) is 0 Å². The van der Waals surface area contributed by atoms with Crippen molar-refractivity contribution in [3.8, 4) is 0 Å². The van der Waals surface area contributed by atoms with Gasteiger partial charge >= 0.3 is 0 Å². The summed E-state index contributed by atoms with van der Waals surface area (Å²) in [6.45, 7) is 3.13. The second kappa shape index (κ2) is 7.95. The van der Waals surface area contributed by atoms with E-state index < -0.39 is 0 Å². The number of benzene rings is 2. The van der Waals surface area contributed by atoms with Gasteiger partial charge in [-0.05, 0) is 23.3 Å². The summed E-state index contributed by atoms with van der Waals surface area (Å²) in [6.07, 6.45) is 0. The zero-order chi connectivity index (χ0) is 16.8. The number of carbonyl (C=O) groups is 1. The molecular formula is C19H22N2O3. The molecule has 5 heteroatoms. The maximum absolute atomic E-state index is 12.7. The highest BCUT2D eigenvalue weighted by molar-refractivity contribution is 5.99. The van der Waals surface area contributed by atoms with Crippen LogP contribution in [0.4, 0.5) is 5.69 Å². The maximum Gasteiger partial charge on any atom is 0.256 e. The lowest BCUT2D eigenvalue weighted by Gasteiger charge is -2.27. The van der Waals surface area contributed by atoms with Crippen LogP contribution in [0.2, 0.25) is 0 Å². The minimum absolute atomic E-state index is 0.0389. The molecule has 1 heterocycles. The van der Waals surface area contributed by atoms with E-state index in [9.17, 15) is 4.79 Å². The van der Waals surface area contributed by atoms with Crippen molar-refractivity contribution in [3.05, 3.63) is 65.2 Å². The third-order valence-corrected chi connectivity index (χ3v) is 4.14. The van der Waals surface area contributed by atoms with Crippen molar-refractivity contribution in [2.75, 3.05) is 31.6 Å². The second-order valence-electron chi connectivity index (χ2n) is 5.78. The van der Waals surface area contributed by atoms with Gasteiger partial charge in [0.05, 0.1) is 25.4 Å². The van der Waals surface area contributed by atoms with Gasteiger partial charge in [0.15, 0.2) is 0 Å². The highest BCUT2D eigenvalue weighted by Gasteiger charge is 2.20. The number of hydrogen-bond donors (Lipinski definition) is 2. The van der Waals surface area contributed by atoms with Gasteiger partial charge in [-0.15, -0.1) is 0 Å². The van der Waals surface area contributed by atoms with Crippen molar-refractivity contribution in [3.63, 3.8) is 0 Å². The minimum atomic E-state index is 0.0389. The van der Waals surface area contributed by atoms with Gasteiger partial charge in [-0.25, -0.2) is 0 Å². The molecular weight excluding hydrogens is 304 g/mol. The molecule has 0 radical (unpaired) electrons. The molecule has 2 aromatic carbocycles. The quantitative estimate of drug-likeness (QED) is 0.885. The van der Waals surface area contributed by atoms with Crippen molar-refractivity contribution < 1.29 is 14.6 Å². The fourth-order valence-corrected chi connectivity index (χ4v) is 2.72. The van der Waals surface area contributed by atoms with E-state index in [4.69, 9.17) is 9.84 Å². The Morgan fingerprint density at radius 3 is 2.42 bits per heavy atom. The summed E-state index contributed by atoms with van der Waals surface area (Å²) in [5, 5.41) is 12.4. The molecule has 1 amide bonds. The van der Waals surface area contributed by atoms with Gasteiger partial charge in [-0.3, -0.25) is 4.79 Å². The molecule has 0 aromatic heterocycles. The number of ether oxygens (including phenoxy) is 1. The summed E-state index contributed by atoms with van der Waals surface area (Å²) in [5.41, 5.74) is 3.51. The largest absolute Gasteiger partial charge is 0.392 e. The van der Waals surface area contributed by atoms with E-state index in [0.717, 1.165) is 16.8 Å². The molecule has 1 saturated heterocycles. The lowest BCUT2D eigenvalue weighted by atomic mass is 10.1. The fraction of sp³-hybridized carbons (Fsp3) is 0.316. The van der Waals surface area contributed by atoms with Crippen molar-refractivity contribution in [1.82, 2.24) is 4.90 Å². The first-order valence-corrected chi connectivity index (χ1v) is 8.16. The maximum atomic E-state index is 12.7. The number of aliphatic hydroxyl groups is 1. The molecule has 24 heavy (non-hydrogen) atoms. The van der Waals surface area contributed by atoms with Crippen molar-refractivity contribution >= 4 is 11.6 Å². The summed E-state index contributed by atoms with van der Waals surface area (Å²) in [4.78, 5) is 14.6. The molecule has 0 aliphatic carbocycles. The first kappa shape index (κ1) is 16.5. The van der Waals surface area contributed by atoms with Crippen LogP contribution in [-0.4, -0.2) is 42.2 Å². The normalized spacial score (nSPS) is 14.5. The van der Waals surface area contributed by atoms with Gasteiger partial charge in [0, 0.05) is 25.3 Å². The molecule has 0 bridgehead atoms. The Balaban J connectivity index is 1.70. The smallest absolute Gasteiger partial charge is 0.256 e. The molecule has 1 aliphatic heterocycles. The SMILES string of the molecule is O=C(c1ccccc1NCc1ccc(CO)cc1)N1CCOCC1. The molecule has 0 spiro atoms. The third kappa shape index (κ3) is 3.93. The molecule has 2 aromatic rings. The highest BCUT2D eigenvalue weighted by atomic mass is 16.5. The molecule has 5 nitrogen and oxygen atoms in total. The summed E-state index contributed by atoms with van der Waals surface area (Å²) >= 11 is 0. The Kier molecular flexibility index (Phi) is 5.46. The number of nitrogens with zero attached hydrogens (tertiary/aromatic N) is 1. The van der Waals surface area contributed by atoms with Crippen molar-refractivity contribution in [2.45, 2.75) is 13.2 Å². The topological polar surface area (TPSA) is 61.8 Å². The number of amides is 1. The van der Waals surface area contributed by atoms with E-state index >= 15 is 0 Å². The molecule has 3 rings (SSSR count). The zero-order valence-electron chi connectivity index (χ0n) is 13.6. The highest BCUT2D eigenvalue weighted by Crippen LogP contribution is 2.19. The van der Waals surface area contributed by atoms with E-state index in [1.807, 2.05) is 53.4 Å². The van der Waals surface area contributed by atoms with Gasteiger partial charge in [0.25, 0.3) is 5.91 Å². The average molecular weight is 326 g/mol. The molecule has 0 saturated carbocycles. The lowest BCUT2D eigenvalue weighted by molar-refractivity contribution is 0.0303. The minimum Gasteiger partial charge on any atom is -0.392 e. The third-order valence-electron chi connectivity index (χ3n) is 4.14. The number of anilines is 1. The first-order chi connectivity index (χ1) is 11.8. The lowest BCUT2D eigenvalue weighted by Crippen LogP contribution is -2.40. The molecule has 1 fully saturated rings. The predicted octanol–water partition coefficient (Wildman–Crippen LogP) is 2.26. The Morgan fingerprint density at radius 2 is 1.71 bits per heavy atom. The fourth-order valence-electron chi connectivity index (χ4n) is 2.72. The van der Waals surface area contributed by atoms with Gasteiger partial charge in [0.1, 0.15) is 0 Å². The van der Waals surface area contributed by atoms with Gasteiger partial charge in [-0.1, -0.05) is 36.4 Å². The summed E-state index contributed by atoms with van der Waals surface area (Å²) < 4.78 is 5.31. The van der Waals surface area contributed by atoms with E-state index in [2.05, 4.69) is 5.32 Å². The summed E-state index contributed by atoms with van der Waals surface area (Å²) in [6, 6.07) is 15.4. The van der Waals surface area contributed by atoms with Crippen LogP contribution in [0.25, 0.3) is 0 Å². The Bertz CT molecular complexity index is 679. The molecule has 126 valence electrons. The molecule has 2 N–H and O–H groups in total. The average Bonchev–Trinajstić information content (AvgIpc) is 2.67. The Labute approximate surface area is 141 Å². The van der Waals surface area contributed by atoms with Crippen molar-refractivity contribution in [2.24, 2.45) is 0 Å². The van der Waals surface area contributed by atoms with E-state index in [-0.39, 0.29) is 12.5 Å². The summed E-state index contributed by atoms with van der Waals surface area (Å²) in [5.74, 6) is 0.0389. The Hall–Kier alpha value is -2.37. The van der Waals surface area contributed by atoms with Crippen LogP contribution < -0.4 is 5.32 Å². The van der Waals surface area contributed by atoms with E-state index in [1.54, 1.807) is 0 Å². The van der Waals surface area contributed by atoms with Gasteiger partial charge < -0.3 is 20.1 Å². The van der Waals surface area contributed by atoms with Crippen LogP contribution >= 0.6 is 0 Å². The zero-order valence-corrected chi connectivity index (χ0v) is 13.6. The van der Waals surface area contributed by atoms with Crippen LogP contribution in [0.3, 0.4) is 0 Å². The van der Waals surface area contributed by atoms with Crippen LogP contribution in [-0.2, 0) is 17.9 Å². The predicted molar refractivity (Wildman–Crippen MR) is 92.9 cm³/mol. The first-order valence-electron chi connectivity index (χ1n) is 8.16.